The van der Waals surface area contributed by atoms with Crippen molar-refractivity contribution in [3.8, 4) is 22.7 Å². The predicted molar refractivity (Wildman–Crippen MR) is 141 cm³/mol. The van der Waals surface area contributed by atoms with Gasteiger partial charge in [0.15, 0.2) is 11.6 Å². The number of thioether (sulfide) groups is 1. The molecule has 1 aromatic heterocycles. The Balaban J connectivity index is 1.70. The molecule has 0 bridgehead atoms. The fourth-order valence-corrected chi connectivity index (χ4v) is 4.93. The topological polar surface area (TPSA) is 84.7 Å². The number of hydrogen-bond acceptors (Lipinski definition) is 6. The summed E-state index contributed by atoms with van der Waals surface area (Å²) in [4.78, 5) is 25.7. The first-order chi connectivity index (χ1) is 17.4. The molecular weight excluding hydrogens is 501 g/mol. The molecule has 0 aliphatic carbocycles. The van der Waals surface area contributed by atoms with Crippen molar-refractivity contribution in [2.24, 2.45) is 0 Å². The molecule has 2 heterocycles. The highest BCUT2D eigenvalue weighted by Gasteiger charge is 2.32. The van der Waals surface area contributed by atoms with Gasteiger partial charge in [-0.3, -0.25) is 14.5 Å². The van der Waals surface area contributed by atoms with Crippen LogP contribution in [0.4, 0.5) is 4.39 Å². The monoisotopic (exact) mass is 525 g/mol. The Labute approximate surface area is 217 Å². The summed E-state index contributed by atoms with van der Waals surface area (Å²) in [6, 6.07) is 14.1. The number of hydrogen-bond donors (Lipinski definition) is 1. The molecule has 1 N–H and O–H groups in total. The lowest BCUT2D eigenvalue weighted by molar-refractivity contribution is -0.137. The van der Waals surface area contributed by atoms with Crippen LogP contribution in [0.2, 0.25) is 0 Å². The van der Waals surface area contributed by atoms with Gasteiger partial charge in [-0.15, -0.1) is 0 Å². The molecule has 1 aliphatic heterocycles. The molecule has 2 aromatic carbocycles. The normalized spacial score (nSPS) is 14.6. The zero-order valence-electron chi connectivity index (χ0n) is 19.5. The van der Waals surface area contributed by atoms with E-state index in [4.69, 9.17) is 27.2 Å². The maximum atomic E-state index is 14.8. The van der Waals surface area contributed by atoms with E-state index in [-0.39, 0.29) is 24.6 Å². The summed E-state index contributed by atoms with van der Waals surface area (Å²) in [7, 11) is 0. The largest absolute Gasteiger partial charge is 0.491 e. The fourth-order valence-electron chi connectivity index (χ4n) is 3.63. The van der Waals surface area contributed by atoms with E-state index in [0.717, 1.165) is 23.9 Å². The van der Waals surface area contributed by atoms with E-state index in [1.165, 1.54) is 11.0 Å². The maximum Gasteiger partial charge on any atom is 0.303 e. The van der Waals surface area contributed by atoms with Crippen molar-refractivity contribution in [2.75, 3.05) is 13.2 Å². The van der Waals surface area contributed by atoms with Crippen molar-refractivity contribution in [1.29, 1.82) is 0 Å². The average Bonchev–Trinajstić information content (AvgIpc) is 3.40. The molecule has 0 atom stereocenters. The standard InChI is InChI=1S/C26H24FN3O4S2/c1-2-13-34-21-11-10-17(14-20(21)27)24-18(16-30(28-24)19-7-4-3-5-8-19)15-22-25(33)29(26(35)36-22)12-6-9-23(31)32/h3-5,7-8,10-11,14-16H,2,6,9,12-13H2,1H3,(H,31,32)/b22-15-. The van der Waals surface area contributed by atoms with E-state index in [9.17, 15) is 14.0 Å². The van der Waals surface area contributed by atoms with Gasteiger partial charge in [-0.05, 0) is 49.2 Å². The van der Waals surface area contributed by atoms with Gasteiger partial charge in [-0.2, -0.15) is 5.10 Å². The van der Waals surface area contributed by atoms with Crippen LogP contribution < -0.4 is 4.74 Å². The van der Waals surface area contributed by atoms with E-state index >= 15 is 0 Å². The Morgan fingerprint density at radius 1 is 1.25 bits per heavy atom. The van der Waals surface area contributed by atoms with Gasteiger partial charge in [0.2, 0.25) is 0 Å². The number of aromatic nitrogens is 2. The second-order valence-corrected chi connectivity index (χ2v) is 9.71. The SMILES string of the molecule is CCCOc1ccc(-c2nn(-c3ccccc3)cc2/C=C2\SC(=S)N(CCCC(=O)O)C2=O)cc1F. The Morgan fingerprint density at radius 3 is 2.72 bits per heavy atom. The Bertz CT molecular complexity index is 1320. The highest BCUT2D eigenvalue weighted by Crippen LogP contribution is 2.35. The molecule has 7 nitrogen and oxygen atoms in total. The number of thiocarbonyl (C=S) groups is 1. The number of para-hydroxylation sites is 1. The number of carboxylic acids is 1. The second-order valence-electron chi connectivity index (χ2n) is 8.04. The molecule has 0 radical (unpaired) electrons. The van der Waals surface area contributed by atoms with Gasteiger partial charge in [-0.25, -0.2) is 9.07 Å². The number of carbonyl (C=O) groups is 2. The number of amides is 1. The minimum Gasteiger partial charge on any atom is -0.491 e. The van der Waals surface area contributed by atoms with E-state index in [1.807, 2.05) is 37.3 Å². The molecule has 36 heavy (non-hydrogen) atoms. The van der Waals surface area contributed by atoms with E-state index in [0.29, 0.717) is 39.1 Å². The zero-order valence-corrected chi connectivity index (χ0v) is 21.2. The number of nitrogens with zero attached hydrogens (tertiary/aromatic N) is 3. The molecular formula is C26H24FN3O4S2. The van der Waals surface area contributed by atoms with Gasteiger partial charge in [-0.1, -0.05) is 49.1 Å². The van der Waals surface area contributed by atoms with Crippen molar-refractivity contribution >= 4 is 46.3 Å². The maximum absolute atomic E-state index is 14.8. The van der Waals surface area contributed by atoms with Gasteiger partial charge in [0, 0.05) is 30.3 Å². The first-order valence-corrected chi connectivity index (χ1v) is 12.6. The summed E-state index contributed by atoms with van der Waals surface area (Å²) >= 11 is 6.51. The quantitative estimate of drug-likeness (QED) is 0.275. The van der Waals surface area contributed by atoms with E-state index in [2.05, 4.69) is 0 Å². The summed E-state index contributed by atoms with van der Waals surface area (Å²) in [5.41, 5.74) is 2.46. The first-order valence-electron chi connectivity index (χ1n) is 11.4. The Kier molecular flexibility index (Phi) is 8.17. The van der Waals surface area contributed by atoms with Crippen molar-refractivity contribution < 1.29 is 23.8 Å². The van der Waals surface area contributed by atoms with Crippen LogP contribution in [0.3, 0.4) is 0 Å². The Hall–Kier alpha value is -3.50. The van der Waals surface area contributed by atoms with E-state index < -0.39 is 11.8 Å². The van der Waals surface area contributed by atoms with Crippen molar-refractivity contribution in [3.63, 3.8) is 0 Å². The summed E-state index contributed by atoms with van der Waals surface area (Å²) in [5, 5.41) is 13.6. The number of carbonyl (C=O) groups excluding carboxylic acids is 1. The van der Waals surface area contributed by atoms with Gasteiger partial charge >= 0.3 is 5.97 Å². The molecule has 1 fully saturated rings. The number of benzene rings is 2. The number of aliphatic carboxylic acids is 1. The van der Waals surface area contributed by atoms with Crippen LogP contribution in [0.15, 0.2) is 59.6 Å². The Morgan fingerprint density at radius 2 is 2.03 bits per heavy atom. The lowest BCUT2D eigenvalue weighted by Gasteiger charge is -2.13. The van der Waals surface area contributed by atoms with Crippen molar-refractivity contribution in [3.05, 3.63) is 71.0 Å². The smallest absolute Gasteiger partial charge is 0.303 e. The van der Waals surface area contributed by atoms with Gasteiger partial charge < -0.3 is 9.84 Å². The van der Waals surface area contributed by atoms with Crippen LogP contribution in [0.1, 0.15) is 31.7 Å². The molecule has 3 aromatic rings. The van der Waals surface area contributed by atoms with Crippen LogP contribution in [0.5, 0.6) is 5.75 Å². The second kappa shape index (κ2) is 11.5. The highest BCUT2D eigenvalue weighted by molar-refractivity contribution is 8.26. The molecule has 0 unspecified atom stereocenters. The lowest BCUT2D eigenvalue weighted by Crippen LogP contribution is -2.29. The van der Waals surface area contributed by atoms with E-state index in [1.54, 1.807) is 29.1 Å². The number of carboxylic acid groups (broad SMARTS) is 1. The van der Waals surface area contributed by atoms with Gasteiger partial charge in [0.1, 0.15) is 10.0 Å². The third kappa shape index (κ3) is 5.83. The third-order valence-electron chi connectivity index (χ3n) is 5.36. The zero-order chi connectivity index (χ0) is 25.7. The summed E-state index contributed by atoms with van der Waals surface area (Å²) in [5.74, 6) is -1.53. The number of halogens is 1. The summed E-state index contributed by atoms with van der Waals surface area (Å²) < 4.78 is 22.3. The molecule has 10 heteroatoms. The molecule has 0 saturated carbocycles. The minimum absolute atomic E-state index is 0.0480. The minimum atomic E-state index is -0.924. The fraction of sp³-hybridized carbons (Fsp3) is 0.231. The number of rotatable bonds is 10. The molecule has 4 rings (SSSR count). The lowest BCUT2D eigenvalue weighted by atomic mass is 10.1. The van der Waals surface area contributed by atoms with Crippen molar-refractivity contribution in [1.82, 2.24) is 14.7 Å². The highest BCUT2D eigenvalue weighted by atomic mass is 32.2. The molecule has 186 valence electrons. The predicted octanol–water partition coefficient (Wildman–Crippen LogP) is 5.53. The van der Waals surface area contributed by atoms with Gasteiger partial charge in [0.05, 0.1) is 17.2 Å². The van der Waals surface area contributed by atoms with Crippen LogP contribution >= 0.6 is 24.0 Å². The molecule has 1 amide bonds. The summed E-state index contributed by atoms with van der Waals surface area (Å²) in [6.45, 7) is 2.59. The van der Waals surface area contributed by atoms with Crippen LogP contribution in [-0.4, -0.2) is 49.1 Å². The summed E-state index contributed by atoms with van der Waals surface area (Å²) in [6.07, 6.45) is 4.49. The first kappa shape index (κ1) is 25.6. The van der Waals surface area contributed by atoms with Crippen LogP contribution in [-0.2, 0) is 9.59 Å². The third-order valence-corrected chi connectivity index (χ3v) is 6.74. The molecule has 1 aliphatic rings. The number of ether oxygens (including phenoxy) is 1. The van der Waals surface area contributed by atoms with Crippen LogP contribution in [0, 0.1) is 5.82 Å². The van der Waals surface area contributed by atoms with Crippen molar-refractivity contribution in [2.45, 2.75) is 26.2 Å². The van der Waals surface area contributed by atoms with Gasteiger partial charge in [0.25, 0.3) is 5.91 Å². The molecule has 1 saturated heterocycles. The van der Waals surface area contributed by atoms with Crippen LogP contribution in [0.25, 0.3) is 23.0 Å². The molecule has 0 spiro atoms. The average molecular weight is 526 g/mol.